The second-order valence-electron chi connectivity index (χ2n) is 13.0. The average Bonchev–Trinajstić information content (AvgIpc) is 3.03. The molecule has 24 heteroatoms. The summed E-state index contributed by atoms with van der Waals surface area (Å²) in [4.78, 5) is 127. The Morgan fingerprint density at radius 2 is 0.655 bits per heavy atom. The van der Waals surface area contributed by atoms with Gasteiger partial charge in [0.15, 0.2) is 0 Å². The molecule has 0 unspecified atom stereocenters. The molecule has 1 rings (SSSR count). The molecule has 0 saturated carbocycles. The predicted molar refractivity (Wildman–Crippen MR) is 184 cm³/mol. The third-order valence-electron chi connectivity index (χ3n) is 7.86. The molecule has 24 nitrogen and oxygen atoms in total. The molecule has 0 spiro atoms. The Morgan fingerprint density at radius 1 is 0.400 bits per heavy atom. The lowest BCUT2D eigenvalue weighted by atomic mass is 10.1. The van der Waals surface area contributed by atoms with Gasteiger partial charge in [0, 0.05) is 58.4 Å². The number of hydrogen-bond acceptors (Lipinski definition) is 14. The number of aliphatic carboxylic acids is 6. The SMILES string of the molecule is CC(C)NC(=O)[C@H](CC(=O)O)NC(=O)[C@H](CC(=O)O)NC(=O)[C@H](CC(=O)O)NC(=O)CN1CCN(CC(=O)O)CCN(CC(=O)O)CCN(CC(=O)O)CC1. The molecule has 0 bridgehead atoms. The highest BCUT2D eigenvalue weighted by molar-refractivity contribution is 5.97. The van der Waals surface area contributed by atoms with E-state index in [2.05, 4.69) is 16.0 Å². The van der Waals surface area contributed by atoms with E-state index in [-0.39, 0.29) is 58.9 Å². The van der Waals surface area contributed by atoms with Crippen molar-refractivity contribution in [2.45, 2.75) is 57.3 Å². The third-order valence-corrected chi connectivity index (χ3v) is 7.86. The second-order valence-corrected chi connectivity index (χ2v) is 13.0. The van der Waals surface area contributed by atoms with Crippen LogP contribution in [0.3, 0.4) is 0 Å². The average molecular weight is 791 g/mol. The van der Waals surface area contributed by atoms with E-state index in [4.69, 9.17) is 0 Å². The zero-order valence-electron chi connectivity index (χ0n) is 30.5. The molecule has 1 aliphatic heterocycles. The zero-order valence-corrected chi connectivity index (χ0v) is 30.5. The minimum Gasteiger partial charge on any atom is -0.481 e. The number of nitrogens with one attached hydrogen (secondary N) is 4. The van der Waals surface area contributed by atoms with Gasteiger partial charge in [0.1, 0.15) is 18.1 Å². The summed E-state index contributed by atoms with van der Waals surface area (Å²) in [5.41, 5.74) is 0. The van der Waals surface area contributed by atoms with Gasteiger partial charge in [-0.3, -0.25) is 67.5 Å². The van der Waals surface area contributed by atoms with Gasteiger partial charge in [-0.1, -0.05) is 0 Å². The number of carbonyl (C=O) groups is 10. The number of carboxylic acids is 6. The number of carbonyl (C=O) groups excluding carboxylic acids is 4. The lowest BCUT2D eigenvalue weighted by Crippen LogP contribution is -2.58. The Kier molecular flexibility index (Phi) is 20.8. The first-order chi connectivity index (χ1) is 25.6. The summed E-state index contributed by atoms with van der Waals surface area (Å²) in [6.07, 6.45) is -3.03. The number of hydrogen-bond donors (Lipinski definition) is 10. The molecule has 0 aromatic rings. The quantitative estimate of drug-likeness (QED) is 0.0520. The second kappa shape index (κ2) is 24.0. The summed E-state index contributed by atoms with van der Waals surface area (Å²) >= 11 is 0. The summed E-state index contributed by atoms with van der Waals surface area (Å²) in [5.74, 6) is -12.6. The van der Waals surface area contributed by atoms with Crippen LogP contribution in [0.25, 0.3) is 0 Å². The van der Waals surface area contributed by atoms with Gasteiger partial charge in [-0.15, -0.1) is 0 Å². The van der Waals surface area contributed by atoms with Crippen LogP contribution in [0.15, 0.2) is 0 Å². The van der Waals surface area contributed by atoms with E-state index in [1.807, 2.05) is 5.32 Å². The highest BCUT2D eigenvalue weighted by atomic mass is 16.4. The highest BCUT2D eigenvalue weighted by Gasteiger charge is 2.33. The maximum atomic E-state index is 13.3. The van der Waals surface area contributed by atoms with E-state index in [1.54, 1.807) is 13.8 Å². The van der Waals surface area contributed by atoms with Crippen molar-refractivity contribution in [3.05, 3.63) is 0 Å². The van der Waals surface area contributed by atoms with E-state index in [0.717, 1.165) is 0 Å². The van der Waals surface area contributed by atoms with Crippen LogP contribution in [0.5, 0.6) is 0 Å². The van der Waals surface area contributed by atoms with Crippen molar-refractivity contribution in [3.8, 4) is 0 Å². The summed E-state index contributed by atoms with van der Waals surface area (Å²) in [7, 11) is 0. The van der Waals surface area contributed by atoms with E-state index >= 15 is 0 Å². The Balaban J connectivity index is 3.24. The standard InChI is InChI=1S/C31H50N8O16/c1-18(2)32-29(53)20(12-24(43)44)34-31(55)21(13-25(45)46)35-30(54)19(11-23(41)42)33-22(40)14-36-3-5-37(15-26(47)48)7-9-39(17-28(51)52)10-8-38(6-4-36)16-27(49)50/h18-21H,3-17H2,1-2H3,(H,32,53)(H,33,40)(H,34,55)(H,35,54)(H,41,42)(H,43,44)(H,45,46)(H,47,48)(H,49,50)(H,51,52)/t19-,20-,21-/m0/s1. The minimum absolute atomic E-state index is 0.0130. The van der Waals surface area contributed by atoms with Gasteiger partial charge in [-0.05, 0) is 13.8 Å². The lowest BCUT2D eigenvalue weighted by Gasteiger charge is -2.33. The first kappa shape index (κ1) is 47.6. The van der Waals surface area contributed by atoms with Crippen LogP contribution in [-0.4, -0.2) is 212 Å². The van der Waals surface area contributed by atoms with Crippen LogP contribution in [0.4, 0.5) is 0 Å². The van der Waals surface area contributed by atoms with E-state index < -0.39 is 123 Å². The minimum atomic E-state index is -1.96. The number of carboxylic acid groups (broad SMARTS) is 6. The smallest absolute Gasteiger partial charge is 0.317 e. The molecule has 1 heterocycles. The van der Waals surface area contributed by atoms with Crippen LogP contribution in [0.2, 0.25) is 0 Å². The Bertz CT molecular complexity index is 1380. The first-order valence-corrected chi connectivity index (χ1v) is 17.1. The highest BCUT2D eigenvalue weighted by Crippen LogP contribution is 2.05. The van der Waals surface area contributed by atoms with Gasteiger partial charge in [0.2, 0.25) is 23.6 Å². The summed E-state index contributed by atoms with van der Waals surface area (Å²) in [6.45, 7) is 1.92. The fourth-order valence-corrected chi connectivity index (χ4v) is 5.31. The predicted octanol–water partition coefficient (Wildman–Crippen LogP) is -5.14. The Morgan fingerprint density at radius 3 is 0.909 bits per heavy atom. The first-order valence-electron chi connectivity index (χ1n) is 17.1. The van der Waals surface area contributed by atoms with Gasteiger partial charge in [0.25, 0.3) is 0 Å². The van der Waals surface area contributed by atoms with E-state index in [0.29, 0.717) is 0 Å². The molecule has 55 heavy (non-hydrogen) atoms. The molecule has 1 saturated heterocycles. The van der Waals surface area contributed by atoms with Crippen molar-refractivity contribution in [2.24, 2.45) is 0 Å². The van der Waals surface area contributed by atoms with Crippen LogP contribution < -0.4 is 21.3 Å². The molecular formula is C31H50N8O16. The van der Waals surface area contributed by atoms with Gasteiger partial charge in [-0.2, -0.15) is 0 Å². The molecule has 310 valence electrons. The Labute approximate surface area is 314 Å². The summed E-state index contributed by atoms with van der Waals surface area (Å²) in [5, 5.41) is 65.0. The van der Waals surface area contributed by atoms with Gasteiger partial charge in [-0.25, -0.2) is 0 Å². The molecule has 0 radical (unpaired) electrons. The number of nitrogens with zero attached hydrogens (tertiary/aromatic N) is 4. The van der Waals surface area contributed by atoms with Gasteiger partial charge in [0.05, 0.1) is 45.4 Å². The van der Waals surface area contributed by atoms with E-state index in [1.165, 1.54) is 19.6 Å². The van der Waals surface area contributed by atoms with Crippen molar-refractivity contribution in [1.82, 2.24) is 40.9 Å². The molecule has 0 aromatic carbocycles. The lowest BCUT2D eigenvalue weighted by molar-refractivity contribution is -0.144. The molecule has 3 atom stereocenters. The fourth-order valence-electron chi connectivity index (χ4n) is 5.31. The summed E-state index contributed by atoms with van der Waals surface area (Å²) in [6, 6.07) is -5.99. The number of amides is 4. The molecule has 10 N–H and O–H groups in total. The van der Waals surface area contributed by atoms with Gasteiger partial charge < -0.3 is 51.9 Å². The molecular weight excluding hydrogens is 740 g/mol. The molecule has 0 aromatic heterocycles. The fraction of sp³-hybridized carbons (Fsp3) is 0.677. The molecule has 0 aliphatic carbocycles. The van der Waals surface area contributed by atoms with Crippen molar-refractivity contribution in [2.75, 3.05) is 78.5 Å². The summed E-state index contributed by atoms with van der Waals surface area (Å²) < 4.78 is 0. The van der Waals surface area contributed by atoms with Crippen molar-refractivity contribution in [1.29, 1.82) is 0 Å². The van der Waals surface area contributed by atoms with Gasteiger partial charge >= 0.3 is 35.8 Å². The third kappa shape index (κ3) is 21.1. The molecule has 4 amide bonds. The maximum absolute atomic E-state index is 13.3. The van der Waals surface area contributed by atoms with E-state index in [9.17, 15) is 78.6 Å². The molecule has 1 aliphatic rings. The zero-order chi connectivity index (χ0) is 41.8. The monoisotopic (exact) mass is 790 g/mol. The van der Waals surface area contributed by atoms with Crippen LogP contribution in [0, 0.1) is 0 Å². The molecule has 1 fully saturated rings. The maximum Gasteiger partial charge on any atom is 0.317 e. The number of rotatable bonds is 21. The topological polar surface area (TPSA) is 353 Å². The van der Waals surface area contributed by atoms with Crippen LogP contribution in [-0.2, 0) is 47.9 Å². The normalized spacial score (nSPS) is 16.9. The Hall–Kier alpha value is -5.46. The largest absolute Gasteiger partial charge is 0.481 e. The van der Waals surface area contributed by atoms with Crippen LogP contribution in [0.1, 0.15) is 33.1 Å². The van der Waals surface area contributed by atoms with Crippen molar-refractivity contribution < 1.29 is 78.6 Å². The van der Waals surface area contributed by atoms with Crippen molar-refractivity contribution >= 4 is 59.4 Å². The van der Waals surface area contributed by atoms with Crippen LogP contribution >= 0.6 is 0 Å². The van der Waals surface area contributed by atoms with Crippen molar-refractivity contribution in [3.63, 3.8) is 0 Å².